The predicted molar refractivity (Wildman–Crippen MR) is 39.3 cm³/mol. The Kier molecular flexibility index (Phi) is 4.22. The molecular formula is C6H10O2S. The Morgan fingerprint density at radius 2 is 2.44 bits per heavy atom. The zero-order valence-corrected chi connectivity index (χ0v) is 6.40. The number of thioether (sulfide) groups is 1. The van der Waals surface area contributed by atoms with Gasteiger partial charge in [-0.15, -0.1) is 11.8 Å². The van der Waals surface area contributed by atoms with Crippen LogP contribution in [0.15, 0.2) is 12.7 Å². The Morgan fingerprint density at radius 1 is 1.89 bits per heavy atom. The lowest BCUT2D eigenvalue weighted by Crippen LogP contribution is -2.07. The van der Waals surface area contributed by atoms with Crippen molar-refractivity contribution in [2.24, 2.45) is 0 Å². The lowest BCUT2D eigenvalue weighted by Gasteiger charge is -2.06. The maximum Gasteiger partial charge on any atom is 0.331 e. The van der Waals surface area contributed by atoms with Gasteiger partial charge >= 0.3 is 5.97 Å². The van der Waals surface area contributed by atoms with Crippen LogP contribution in [0.3, 0.4) is 0 Å². The predicted octanol–water partition coefficient (Wildman–Crippen LogP) is 1.42. The summed E-state index contributed by atoms with van der Waals surface area (Å²) in [6.07, 6.45) is 3.04. The van der Waals surface area contributed by atoms with Gasteiger partial charge in [0.1, 0.15) is 5.44 Å². The van der Waals surface area contributed by atoms with Crippen molar-refractivity contribution < 1.29 is 9.53 Å². The molecule has 0 saturated carbocycles. The van der Waals surface area contributed by atoms with Gasteiger partial charge in [-0.05, 0) is 13.2 Å². The normalized spacial score (nSPS) is 12.2. The van der Waals surface area contributed by atoms with E-state index < -0.39 is 0 Å². The highest BCUT2D eigenvalue weighted by Crippen LogP contribution is 2.06. The van der Waals surface area contributed by atoms with Gasteiger partial charge in [0.05, 0.1) is 0 Å². The second-order valence-electron chi connectivity index (χ2n) is 1.44. The van der Waals surface area contributed by atoms with Crippen LogP contribution in [0, 0.1) is 0 Å². The molecule has 52 valence electrons. The number of rotatable bonds is 3. The van der Waals surface area contributed by atoms with Gasteiger partial charge in [-0.2, -0.15) is 0 Å². The maximum atomic E-state index is 10.4. The van der Waals surface area contributed by atoms with Gasteiger partial charge in [0.15, 0.2) is 0 Å². The van der Waals surface area contributed by atoms with Crippen LogP contribution in [-0.4, -0.2) is 17.7 Å². The van der Waals surface area contributed by atoms with Gasteiger partial charge in [-0.1, -0.05) is 6.58 Å². The summed E-state index contributed by atoms with van der Waals surface area (Å²) in [4.78, 5) is 10.4. The quantitative estimate of drug-likeness (QED) is 0.342. The van der Waals surface area contributed by atoms with E-state index in [2.05, 4.69) is 6.58 Å². The van der Waals surface area contributed by atoms with Crippen molar-refractivity contribution >= 4 is 17.7 Å². The average molecular weight is 146 g/mol. The smallest absolute Gasteiger partial charge is 0.331 e. The lowest BCUT2D eigenvalue weighted by molar-refractivity contribution is -0.138. The van der Waals surface area contributed by atoms with E-state index in [4.69, 9.17) is 4.74 Å². The van der Waals surface area contributed by atoms with E-state index in [0.717, 1.165) is 6.08 Å². The number of esters is 1. The van der Waals surface area contributed by atoms with E-state index in [1.165, 1.54) is 11.8 Å². The van der Waals surface area contributed by atoms with Crippen LogP contribution in [0.2, 0.25) is 0 Å². The fraction of sp³-hybridized carbons (Fsp3) is 0.500. The molecule has 9 heavy (non-hydrogen) atoms. The first-order valence-corrected chi connectivity index (χ1v) is 3.85. The molecule has 0 N–H and O–H groups in total. The molecule has 0 rings (SSSR count). The first-order chi connectivity index (χ1) is 4.20. The number of carbonyl (C=O) groups excluding carboxylic acids is 1. The molecule has 0 bridgehead atoms. The SMILES string of the molecule is C=CC(=O)OC(C)SC. The molecule has 1 unspecified atom stereocenters. The summed E-state index contributed by atoms with van der Waals surface area (Å²) in [7, 11) is 0. The third kappa shape index (κ3) is 4.09. The van der Waals surface area contributed by atoms with E-state index in [1.807, 2.05) is 13.2 Å². The molecule has 0 aliphatic heterocycles. The number of hydrogen-bond donors (Lipinski definition) is 0. The second-order valence-corrected chi connectivity index (χ2v) is 2.58. The molecule has 0 amide bonds. The van der Waals surface area contributed by atoms with Crippen LogP contribution in [0.1, 0.15) is 6.92 Å². The van der Waals surface area contributed by atoms with Gasteiger partial charge < -0.3 is 4.74 Å². The molecule has 0 aromatic carbocycles. The molecule has 3 heteroatoms. The summed E-state index contributed by atoms with van der Waals surface area (Å²) < 4.78 is 4.75. The van der Waals surface area contributed by atoms with E-state index in [-0.39, 0.29) is 11.4 Å². The molecule has 0 aliphatic carbocycles. The third-order valence-corrected chi connectivity index (χ3v) is 1.54. The summed E-state index contributed by atoms with van der Waals surface area (Å²) in [5.74, 6) is -0.364. The number of carbonyl (C=O) groups is 1. The number of ether oxygens (including phenoxy) is 1. The van der Waals surface area contributed by atoms with Crippen LogP contribution in [-0.2, 0) is 9.53 Å². The van der Waals surface area contributed by atoms with Gasteiger partial charge in [0, 0.05) is 6.08 Å². The van der Waals surface area contributed by atoms with Crippen LogP contribution in [0.4, 0.5) is 0 Å². The van der Waals surface area contributed by atoms with Crippen molar-refractivity contribution in [2.45, 2.75) is 12.4 Å². The van der Waals surface area contributed by atoms with Crippen molar-refractivity contribution in [2.75, 3.05) is 6.26 Å². The van der Waals surface area contributed by atoms with Crippen LogP contribution >= 0.6 is 11.8 Å². The zero-order chi connectivity index (χ0) is 7.28. The minimum Gasteiger partial charge on any atom is -0.448 e. The topological polar surface area (TPSA) is 26.3 Å². The monoisotopic (exact) mass is 146 g/mol. The first-order valence-electron chi connectivity index (χ1n) is 2.56. The van der Waals surface area contributed by atoms with Crippen molar-refractivity contribution in [3.8, 4) is 0 Å². The standard InChI is InChI=1S/C6H10O2S/c1-4-6(7)8-5(2)9-3/h4-5H,1H2,2-3H3. The molecule has 0 heterocycles. The largest absolute Gasteiger partial charge is 0.448 e. The van der Waals surface area contributed by atoms with Gasteiger partial charge in [0.25, 0.3) is 0 Å². The molecule has 2 nitrogen and oxygen atoms in total. The molecule has 0 spiro atoms. The van der Waals surface area contributed by atoms with E-state index >= 15 is 0 Å². The van der Waals surface area contributed by atoms with Gasteiger partial charge in [-0.3, -0.25) is 0 Å². The van der Waals surface area contributed by atoms with Crippen molar-refractivity contribution in [3.63, 3.8) is 0 Å². The Bertz CT molecular complexity index is 112. The summed E-state index contributed by atoms with van der Waals surface area (Å²) in [6, 6.07) is 0. The fourth-order valence-corrected chi connectivity index (χ4v) is 0.451. The van der Waals surface area contributed by atoms with E-state index in [9.17, 15) is 4.79 Å². The average Bonchev–Trinajstić information content (AvgIpc) is 1.87. The van der Waals surface area contributed by atoms with Crippen molar-refractivity contribution in [1.82, 2.24) is 0 Å². The van der Waals surface area contributed by atoms with E-state index in [0.29, 0.717) is 0 Å². The number of hydrogen-bond acceptors (Lipinski definition) is 3. The Morgan fingerprint density at radius 3 is 2.78 bits per heavy atom. The van der Waals surface area contributed by atoms with Gasteiger partial charge in [-0.25, -0.2) is 4.79 Å². The minimum atomic E-state index is -0.364. The highest BCUT2D eigenvalue weighted by Gasteiger charge is 2.01. The molecule has 0 radical (unpaired) electrons. The molecular weight excluding hydrogens is 136 g/mol. The highest BCUT2D eigenvalue weighted by atomic mass is 32.2. The van der Waals surface area contributed by atoms with Crippen LogP contribution in [0.25, 0.3) is 0 Å². The lowest BCUT2D eigenvalue weighted by atomic mass is 10.6. The minimum absolute atomic E-state index is 0.0736. The molecule has 0 fully saturated rings. The Labute approximate surface area is 59.3 Å². The fourth-order valence-electron chi connectivity index (χ4n) is 0.260. The molecule has 0 aromatic heterocycles. The van der Waals surface area contributed by atoms with Crippen LogP contribution in [0.5, 0.6) is 0 Å². The Hall–Kier alpha value is -0.440. The molecule has 1 atom stereocenters. The third-order valence-electron chi connectivity index (χ3n) is 0.781. The van der Waals surface area contributed by atoms with Gasteiger partial charge in [0.2, 0.25) is 0 Å². The summed E-state index contributed by atoms with van der Waals surface area (Å²) in [5.41, 5.74) is -0.0736. The van der Waals surface area contributed by atoms with E-state index in [1.54, 1.807) is 0 Å². The summed E-state index contributed by atoms with van der Waals surface area (Å²) in [6.45, 7) is 5.08. The van der Waals surface area contributed by atoms with Crippen LogP contribution < -0.4 is 0 Å². The second kappa shape index (κ2) is 4.44. The highest BCUT2D eigenvalue weighted by molar-refractivity contribution is 7.99. The zero-order valence-electron chi connectivity index (χ0n) is 5.59. The maximum absolute atomic E-state index is 10.4. The Balaban J connectivity index is 3.46. The molecule has 0 aliphatic rings. The van der Waals surface area contributed by atoms with Crippen molar-refractivity contribution in [1.29, 1.82) is 0 Å². The molecule has 0 aromatic rings. The van der Waals surface area contributed by atoms with Crippen molar-refractivity contribution in [3.05, 3.63) is 12.7 Å². The molecule has 0 saturated heterocycles. The summed E-state index contributed by atoms with van der Waals surface area (Å²) >= 11 is 1.48. The first kappa shape index (κ1) is 8.56. The summed E-state index contributed by atoms with van der Waals surface area (Å²) in [5, 5.41) is 0.